The molecule has 3 aromatic rings. The van der Waals surface area contributed by atoms with E-state index in [1.807, 2.05) is 30.2 Å². The fourth-order valence-electron chi connectivity index (χ4n) is 3.40. The molecule has 0 N–H and O–H groups in total. The van der Waals surface area contributed by atoms with Gasteiger partial charge in [0.25, 0.3) is 0 Å². The molecule has 146 valence electrons. The molecule has 0 unspecified atom stereocenters. The number of nitrogens with zero attached hydrogens (tertiary/aromatic N) is 6. The van der Waals surface area contributed by atoms with E-state index in [4.69, 9.17) is 0 Å². The molecule has 0 aliphatic carbocycles. The van der Waals surface area contributed by atoms with E-state index in [0.717, 1.165) is 49.9 Å². The van der Waals surface area contributed by atoms with Gasteiger partial charge in [0, 0.05) is 49.7 Å². The second-order valence-electron chi connectivity index (χ2n) is 7.03. The van der Waals surface area contributed by atoms with Crippen molar-refractivity contribution in [3.63, 3.8) is 0 Å². The van der Waals surface area contributed by atoms with E-state index in [0.29, 0.717) is 6.42 Å². The molecule has 4 heterocycles. The number of hydrogen-bond donors (Lipinski definition) is 0. The minimum absolute atomic E-state index is 0.239. The maximum atomic E-state index is 12.6. The van der Waals surface area contributed by atoms with E-state index in [9.17, 15) is 4.79 Å². The molecule has 1 aliphatic rings. The van der Waals surface area contributed by atoms with Gasteiger partial charge in [-0.1, -0.05) is 0 Å². The lowest BCUT2D eigenvalue weighted by molar-refractivity contribution is -0.131. The summed E-state index contributed by atoms with van der Waals surface area (Å²) in [5, 5.41) is 6.50. The van der Waals surface area contributed by atoms with Gasteiger partial charge in [0.1, 0.15) is 12.1 Å². The Morgan fingerprint density at radius 1 is 1.11 bits per heavy atom. The summed E-state index contributed by atoms with van der Waals surface area (Å²) < 4.78 is 1.76. The molecule has 3 aromatic heterocycles. The summed E-state index contributed by atoms with van der Waals surface area (Å²) >= 11 is 1.74. The van der Waals surface area contributed by atoms with Crippen LogP contribution in [0.1, 0.15) is 22.6 Å². The van der Waals surface area contributed by atoms with Crippen molar-refractivity contribution < 1.29 is 4.79 Å². The monoisotopic (exact) mass is 396 g/mol. The van der Waals surface area contributed by atoms with Crippen LogP contribution in [-0.4, -0.2) is 56.7 Å². The van der Waals surface area contributed by atoms with Crippen LogP contribution in [0.3, 0.4) is 0 Å². The van der Waals surface area contributed by atoms with Crippen molar-refractivity contribution >= 4 is 23.1 Å². The number of rotatable bonds is 5. The van der Waals surface area contributed by atoms with Crippen molar-refractivity contribution in [2.45, 2.75) is 26.7 Å². The number of carbonyl (C=O) groups is 1. The summed E-state index contributed by atoms with van der Waals surface area (Å²) in [5.41, 5.74) is 2.24. The smallest absolute Gasteiger partial charge is 0.223 e. The zero-order valence-corrected chi connectivity index (χ0v) is 17.0. The van der Waals surface area contributed by atoms with Crippen LogP contribution in [0.4, 0.5) is 5.82 Å². The van der Waals surface area contributed by atoms with Gasteiger partial charge in [-0.2, -0.15) is 5.10 Å². The Morgan fingerprint density at radius 3 is 2.57 bits per heavy atom. The second-order valence-corrected chi connectivity index (χ2v) is 8.03. The zero-order valence-electron chi connectivity index (χ0n) is 16.2. The fourth-order valence-corrected chi connectivity index (χ4v) is 4.31. The van der Waals surface area contributed by atoms with Gasteiger partial charge in [-0.25, -0.2) is 14.6 Å². The van der Waals surface area contributed by atoms with E-state index in [1.165, 1.54) is 10.4 Å². The first-order valence-corrected chi connectivity index (χ1v) is 10.4. The first kappa shape index (κ1) is 18.6. The molecule has 0 bridgehead atoms. The fraction of sp³-hybridized carbons (Fsp3) is 0.400. The van der Waals surface area contributed by atoms with Crippen LogP contribution in [0.5, 0.6) is 0 Å². The standard InChI is InChI=1S/C20H24N6OS/c1-15-6-12-28-17(15)3-4-20(27)25-10-8-24(9-11-25)18-13-19(22-14-21-18)26-7-5-16(2)23-26/h5-7,12-14H,3-4,8-11H2,1-2H3. The number of anilines is 1. The molecule has 1 fully saturated rings. The van der Waals surface area contributed by atoms with Crippen LogP contribution in [0.25, 0.3) is 5.82 Å². The van der Waals surface area contributed by atoms with Crippen LogP contribution in [-0.2, 0) is 11.2 Å². The predicted molar refractivity (Wildman–Crippen MR) is 110 cm³/mol. The summed E-state index contributed by atoms with van der Waals surface area (Å²) in [7, 11) is 0. The summed E-state index contributed by atoms with van der Waals surface area (Å²) in [6, 6.07) is 6.01. The lowest BCUT2D eigenvalue weighted by Crippen LogP contribution is -2.49. The Bertz CT molecular complexity index is 957. The van der Waals surface area contributed by atoms with E-state index in [1.54, 1.807) is 22.3 Å². The van der Waals surface area contributed by atoms with E-state index in [-0.39, 0.29) is 5.91 Å². The molecular formula is C20H24N6OS. The van der Waals surface area contributed by atoms with Crippen LogP contribution in [0, 0.1) is 13.8 Å². The first-order valence-electron chi connectivity index (χ1n) is 9.50. The normalized spacial score (nSPS) is 14.5. The number of carbonyl (C=O) groups excluding carboxylic acids is 1. The maximum absolute atomic E-state index is 12.6. The highest BCUT2D eigenvalue weighted by Gasteiger charge is 2.22. The maximum Gasteiger partial charge on any atom is 0.223 e. The zero-order chi connectivity index (χ0) is 19.5. The van der Waals surface area contributed by atoms with Crippen molar-refractivity contribution in [2.24, 2.45) is 0 Å². The summed E-state index contributed by atoms with van der Waals surface area (Å²) in [4.78, 5) is 26.8. The number of piperazine rings is 1. The summed E-state index contributed by atoms with van der Waals surface area (Å²) in [5.74, 6) is 1.87. The Morgan fingerprint density at radius 2 is 1.89 bits per heavy atom. The third kappa shape index (κ3) is 4.06. The quantitative estimate of drug-likeness (QED) is 0.663. The third-order valence-corrected chi connectivity index (χ3v) is 6.17. The van der Waals surface area contributed by atoms with Gasteiger partial charge in [0.15, 0.2) is 5.82 Å². The molecule has 0 spiro atoms. The molecule has 8 heteroatoms. The van der Waals surface area contributed by atoms with Gasteiger partial charge < -0.3 is 9.80 Å². The average Bonchev–Trinajstić information content (AvgIpc) is 3.34. The van der Waals surface area contributed by atoms with Gasteiger partial charge in [0.05, 0.1) is 5.69 Å². The van der Waals surface area contributed by atoms with E-state index in [2.05, 4.69) is 38.3 Å². The Hall–Kier alpha value is -2.74. The minimum atomic E-state index is 0.239. The topological polar surface area (TPSA) is 67.2 Å². The molecule has 4 rings (SSSR count). The largest absolute Gasteiger partial charge is 0.353 e. The number of aryl methyl sites for hydroxylation is 3. The molecule has 1 amide bonds. The first-order chi connectivity index (χ1) is 13.6. The van der Waals surface area contributed by atoms with Gasteiger partial charge in [-0.05, 0) is 43.3 Å². The molecule has 0 saturated carbocycles. The predicted octanol–water partition coefficient (Wildman–Crippen LogP) is 2.62. The SMILES string of the molecule is Cc1ccn(-c2cc(N3CCN(C(=O)CCc4sccc4C)CC3)ncn2)n1. The highest BCUT2D eigenvalue weighted by Crippen LogP contribution is 2.19. The number of thiophene rings is 1. The Labute approximate surface area is 168 Å². The molecule has 1 aliphatic heterocycles. The van der Waals surface area contributed by atoms with Gasteiger partial charge in [-0.15, -0.1) is 11.3 Å². The Kier molecular flexibility index (Phi) is 5.38. The highest BCUT2D eigenvalue weighted by molar-refractivity contribution is 7.10. The van der Waals surface area contributed by atoms with Gasteiger partial charge >= 0.3 is 0 Å². The highest BCUT2D eigenvalue weighted by atomic mass is 32.1. The molecular weight excluding hydrogens is 372 g/mol. The van der Waals surface area contributed by atoms with Crippen molar-refractivity contribution in [3.05, 3.63) is 52.2 Å². The molecule has 1 saturated heterocycles. The molecule has 0 atom stereocenters. The molecule has 7 nitrogen and oxygen atoms in total. The number of aromatic nitrogens is 4. The summed E-state index contributed by atoms with van der Waals surface area (Å²) in [6.07, 6.45) is 4.88. The lowest BCUT2D eigenvalue weighted by Gasteiger charge is -2.35. The lowest BCUT2D eigenvalue weighted by atomic mass is 10.2. The molecule has 0 radical (unpaired) electrons. The van der Waals surface area contributed by atoms with Crippen molar-refractivity contribution in [2.75, 3.05) is 31.1 Å². The Balaban J connectivity index is 1.34. The van der Waals surface area contributed by atoms with Crippen LogP contribution >= 0.6 is 11.3 Å². The number of amides is 1. The van der Waals surface area contributed by atoms with Crippen molar-refractivity contribution in [1.82, 2.24) is 24.6 Å². The number of hydrogen-bond acceptors (Lipinski definition) is 6. The molecule has 0 aromatic carbocycles. The summed E-state index contributed by atoms with van der Waals surface area (Å²) in [6.45, 7) is 7.06. The van der Waals surface area contributed by atoms with E-state index >= 15 is 0 Å². The van der Waals surface area contributed by atoms with Crippen molar-refractivity contribution in [3.8, 4) is 5.82 Å². The minimum Gasteiger partial charge on any atom is -0.353 e. The third-order valence-electron chi connectivity index (χ3n) is 5.09. The van der Waals surface area contributed by atoms with Crippen LogP contribution in [0.15, 0.2) is 36.1 Å². The van der Waals surface area contributed by atoms with Crippen molar-refractivity contribution in [1.29, 1.82) is 0 Å². The van der Waals surface area contributed by atoms with E-state index < -0.39 is 0 Å². The van der Waals surface area contributed by atoms with Crippen LogP contribution in [0.2, 0.25) is 0 Å². The van der Waals surface area contributed by atoms with Gasteiger partial charge in [0.2, 0.25) is 5.91 Å². The molecule has 28 heavy (non-hydrogen) atoms. The van der Waals surface area contributed by atoms with Gasteiger partial charge in [-0.3, -0.25) is 4.79 Å². The second kappa shape index (κ2) is 8.10. The van der Waals surface area contributed by atoms with Crippen LogP contribution < -0.4 is 4.90 Å². The average molecular weight is 397 g/mol.